The summed E-state index contributed by atoms with van der Waals surface area (Å²) in [5, 5.41) is 0. The van der Waals surface area contributed by atoms with Crippen LogP contribution in [0.5, 0.6) is 0 Å². The second-order valence-corrected chi connectivity index (χ2v) is 10.7. The minimum Gasteiger partial charge on any atom is -0.207 e. The zero-order chi connectivity index (χ0) is 24.8. The first-order chi connectivity index (χ1) is 15.5. The van der Waals surface area contributed by atoms with Gasteiger partial charge < -0.3 is 0 Å². The van der Waals surface area contributed by atoms with E-state index in [1.54, 1.807) is 6.08 Å². The van der Waals surface area contributed by atoms with Crippen molar-refractivity contribution in [3.05, 3.63) is 95.5 Å². The standard InChI is InChI=1S/C32H45F/c1-10-18-32(9,26(7)16-12-11-15-25(6)27(8)22(2)3)29-20-24(5)21-30(33)31(29)28-17-13-14-23(4)19-28/h10-14,17-18,21,23,25-26,29H,2,8,15-16,19-20H2,1,3-7,9H3/b12-11-,18-10?. The Labute approximate surface area is 203 Å². The first-order valence-electron chi connectivity index (χ1n) is 12.6. The van der Waals surface area contributed by atoms with Crippen LogP contribution in [0.3, 0.4) is 0 Å². The lowest BCUT2D eigenvalue weighted by molar-refractivity contribution is 0.186. The first kappa shape index (κ1) is 27.1. The van der Waals surface area contributed by atoms with Crippen molar-refractivity contribution in [2.45, 2.75) is 74.1 Å². The summed E-state index contributed by atoms with van der Waals surface area (Å²) in [5.41, 5.74) is 5.28. The Hall–Kier alpha value is -2.15. The smallest absolute Gasteiger partial charge is 0.126 e. The maximum absolute atomic E-state index is 15.5. The molecule has 33 heavy (non-hydrogen) atoms. The van der Waals surface area contributed by atoms with Crippen molar-refractivity contribution in [3.63, 3.8) is 0 Å². The molecule has 5 atom stereocenters. The van der Waals surface area contributed by atoms with E-state index < -0.39 is 0 Å². The van der Waals surface area contributed by atoms with Gasteiger partial charge in [0.25, 0.3) is 0 Å². The van der Waals surface area contributed by atoms with Crippen molar-refractivity contribution in [1.82, 2.24) is 0 Å². The summed E-state index contributed by atoms with van der Waals surface area (Å²) in [7, 11) is 0. The van der Waals surface area contributed by atoms with Crippen LogP contribution in [0, 0.1) is 29.1 Å². The fourth-order valence-electron chi connectivity index (χ4n) is 5.30. The minimum absolute atomic E-state index is 0.0388. The molecule has 0 aliphatic heterocycles. The molecule has 1 heteroatoms. The molecule has 180 valence electrons. The van der Waals surface area contributed by atoms with Gasteiger partial charge in [0.1, 0.15) is 5.83 Å². The van der Waals surface area contributed by atoms with Gasteiger partial charge in [-0.3, -0.25) is 0 Å². The predicted octanol–water partition coefficient (Wildman–Crippen LogP) is 10.0. The molecule has 0 N–H and O–H groups in total. The van der Waals surface area contributed by atoms with Crippen LogP contribution in [0.4, 0.5) is 4.39 Å². The van der Waals surface area contributed by atoms with Gasteiger partial charge in [-0.2, -0.15) is 0 Å². The van der Waals surface area contributed by atoms with Gasteiger partial charge in [0.15, 0.2) is 0 Å². The highest BCUT2D eigenvalue weighted by molar-refractivity contribution is 5.47. The topological polar surface area (TPSA) is 0 Å². The summed E-state index contributed by atoms with van der Waals surface area (Å²) in [6.07, 6.45) is 21.0. The number of allylic oxidation sites excluding steroid dienone is 14. The van der Waals surface area contributed by atoms with Crippen molar-refractivity contribution < 1.29 is 4.39 Å². The molecule has 0 radical (unpaired) electrons. The Morgan fingerprint density at radius 3 is 2.48 bits per heavy atom. The van der Waals surface area contributed by atoms with E-state index in [1.807, 2.05) is 6.92 Å². The van der Waals surface area contributed by atoms with Crippen molar-refractivity contribution in [2.75, 3.05) is 0 Å². The molecule has 2 rings (SSSR count). The minimum atomic E-state index is -0.139. The summed E-state index contributed by atoms with van der Waals surface area (Å²) < 4.78 is 15.5. The molecule has 0 fully saturated rings. The molecule has 0 aromatic rings. The van der Waals surface area contributed by atoms with E-state index in [1.165, 1.54) is 5.57 Å². The molecule has 0 amide bonds. The van der Waals surface area contributed by atoms with Crippen LogP contribution < -0.4 is 0 Å². The molecule has 0 nitrogen and oxygen atoms in total. The van der Waals surface area contributed by atoms with Crippen LogP contribution in [0.15, 0.2) is 95.5 Å². The third-order valence-corrected chi connectivity index (χ3v) is 7.76. The summed E-state index contributed by atoms with van der Waals surface area (Å²) >= 11 is 0. The zero-order valence-electron chi connectivity index (χ0n) is 22.0. The molecular formula is C32H45F. The van der Waals surface area contributed by atoms with Gasteiger partial charge in [-0.1, -0.05) is 94.5 Å². The number of halogens is 1. The Morgan fingerprint density at radius 1 is 1.21 bits per heavy atom. The van der Waals surface area contributed by atoms with E-state index in [0.29, 0.717) is 17.8 Å². The average molecular weight is 449 g/mol. The van der Waals surface area contributed by atoms with Gasteiger partial charge >= 0.3 is 0 Å². The van der Waals surface area contributed by atoms with Crippen molar-refractivity contribution in [1.29, 1.82) is 0 Å². The number of hydrogen-bond acceptors (Lipinski definition) is 0. The van der Waals surface area contributed by atoms with E-state index in [2.05, 4.69) is 97.2 Å². The third kappa shape index (κ3) is 6.69. The molecular weight excluding hydrogens is 403 g/mol. The number of hydrogen-bond donors (Lipinski definition) is 0. The quantitative estimate of drug-likeness (QED) is 0.230. The SMILES string of the molecule is C=C(C)C(=C)C(C)C/C=C\CC(C)C(C)(C=CC)C1CC(C)=CC(F)=C1C1=CC=CC(C)C1. The Morgan fingerprint density at radius 2 is 1.88 bits per heavy atom. The van der Waals surface area contributed by atoms with Crippen LogP contribution in [-0.4, -0.2) is 0 Å². The van der Waals surface area contributed by atoms with Crippen LogP contribution in [0.2, 0.25) is 0 Å². The Bertz CT molecular complexity index is 916. The molecule has 0 spiro atoms. The van der Waals surface area contributed by atoms with Gasteiger partial charge in [0.2, 0.25) is 0 Å². The molecule has 2 aliphatic carbocycles. The van der Waals surface area contributed by atoms with Gasteiger partial charge in [-0.25, -0.2) is 4.39 Å². The van der Waals surface area contributed by atoms with Crippen molar-refractivity contribution in [3.8, 4) is 0 Å². The van der Waals surface area contributed by atoms with Crippen LogP contribution in [-0.2, 0) is 0 Å². The molecule has 0 aromatic heterocycles. The zero-order valence-corrected chi connectivity index (χ0v) is 22.0. The molecule has 0 saturated heterocycles. The summed E-state index contributed by atoms with van der Waals surface area (Å²) in [6, 6.07) is 0. The van der Waals surface area contributed by atoms with Gasteiger partial charge in [0, 0.05) is 0 Å². The Balaban J connectivity index is 2.29. The summed E-state index contributed by atoms with van der Waals surface area (Å²) in [4.78, 5) is 0. The second kappa shape index (κ2) is 11.8. The third-order valence-electron chi connectivity index (χ3n) is 7.76. The van der Waals surface area contributed by atoms with Crippen molar-refractivity contribution in [2.24, 2.45) is 29.1 Å². The lowest BCUT2D eigenvalue weighted by atomic mass is 9.60. The predicted molar refractivity (Wildman–Crippen MR) is 145 cm³/mol. The lowest BCUT2D eigenvalue weighted by Gasteiger charge is -2.44. The van der Waals surface area contributed by atoms with E-state index in [4.69, 9.17) is 0 Å². The highest BCUT2D eigenvalue weighted by Gasteiger charge is 2.42. The maximum atomic E-state index is 15.5. The van der Waals surface area contributed by atoms with E-state index in [-0.39, 0.29) is 17.2 Å². The first-order valence-corrected chi connectivity index (χ1v) is 12.6. The van der Waals surface area contributed by atoms with E-state index in [9.17, 15) is 0 Å². The lowest BCUT2D eigenvalue weighted by Crippen LogP contribution is -2.36. The van der Waals surface area contributed by atoms with Gasteiger partial charge in [-0.05, 0) is 98.3 Å². The highest BCUT2D eigenvalue weighted by Crippen LogP contribution is 2.51. The molecule has 0 bridgehead atoms. The van der Waals surface area contributed by atoms with Gasteiger partial charge in [0.05, 0.1) is 0 Å². The Kier molecular flexibility index (Phi) is 9.70. The van der Waals surface area contributed by atoms with E-state index >= 15 is 4.39 Å². The molecule has 5 unspecified atom stereocenters. The molecule has 0 aromatic carbocycles. The maximum Gasteiger partial charge on any atom is 0.126 e. The number of rotatable bonds is 10. The second-order valence-electron chi connectivity index (χ2n) is 10.7. The normalized spacial score (nSPS) is 25.1. The molecule has 0 saturated carbocycles. The fourth-order valence-corrected chi connectivity index (χ4v) is 5.30. The van der Waals surface area contributed by atoms with Crippen molar-refractivity contribution >= 4 is 0 Å². The molecule has 2 aliphatic rings. The summed E-state index contributed by atoms with van der Waals surface area (Å²) in [6.45, 7) is 23.4. The largest absolute Gasteiger partial charge is 0.207 e. The van der Waals surface area contributed by atoms with Crippen LogP contribution in [0.1, 0.15) is 74.1 Å². The fraction of sp³-hybridized carbons (Fsp3) is 0.500. The van der Waals surface area contributed by atoms with Crippen LogP contribution >= 0.6 is 0 Å². The average Bonchev–Trinajstić information content (AvgIpc) is 2.75. The van der Waals surface area contributed by atoms with Crippen LogP contribution in [0.25, 0.3) is 0 Å². The highest BCUT2D eigenvalue weighted by atomic mass is 19.1. The van der Waals surface area contributed by atoms with Gasteiger partial charge in [-0.15, -0.1) is 0 Å². The molecule has 0 heterocycles. The summed E-state index contributed by atoms with van der Waals surface area (Å²) in [5.74, 6) is 1.32. The van der Waals surface area contributed by atoms with E-state index in [0.717, 1.165) is 48.0 Å². The monoisotopic (exact) mass is 448 g/mol.